The molecule has 0 spiro atoms. The highest BCUT2D eigenvalue weighted by atomic mass is 16.5. The average Bonchev–Trinajstić information content (AvgIpc) is 2.88. The summed E-state index contributed by atoms with van der Waals surface area (Å²) in [6.07, 6.45) is 5.18. The SMILES string of the molecule is Cc1noc2ncnc(N3C[C@@H]4CC[C@H](C3)N(Cc3ccccn3)C4=O)c12. The molecule has 2 atom stereocenters. The molecule has 8 nitrogen and oxygen atoms in total. The lowest BCUT2D eigenvalue weighted by Gasteiger charge is -2.35. The number of aryl methyl sites for hydroxylation is 1. The van der Waals surface area contributed by atoms with Crippen molar-refractivity contribution < 1.29 is 9.32 Å². The van der Waals surface area contributed by atoms with Crippen LogP contribution in [-0.4, -0.2) is 50.0 Å². The summed E-state index contributed by atoms with van der Waals surface area (Å²) < 4.78 is 5.29. The molecule has 0 N–H and O–H groups in total. The van der Waals surface area contributed by atoms with Crippen molar-refractivity contribution in [3.63, 3.8) is 0 Å². The number of fused-ring (bicyclic) bond motifs is 5. The molecule has 3 aliphatic heterocycles. The number of carbonyl (C=O) groups excluding carboxylic acids is 1. The van der Waals surface area contributed by atoms with Crippen LogP contribution in [-0.2, 0) is 11.3 Å². The first-order valence-corrected chi connectivity index (χ1v) is 9.23. The molecule has 2 bridgehead atoms. The summed E-state index contributed by atoms with van der Waals surface area (Å²) in [4.78, 5) is 30.3. The number of rotatable bonds is 3. The number of amides is 1. The predicted molar refractivity (Wildman–Crippen MR) is 97.8 cm³/mol. The van der Waals surface area contributed by atoms with Gasteiger partial charge in [0.05, 0.1) is 23.9 Å². The standard InChI is InChI=1S/C19H20N6O2/c1-12-16-17(21-11-22-18(16)27-23-12)24-8-13-5-6-15(10-24)25(19(13)26)9-14-4-2-3-7-20-14/h2-4,7,11,13,15H,5-6,8-10H2,1H3/t13-,15+/m0/s1. The minimum absolute atomic E-state index is 0.0300. The molecule has 6 heterocycles. The van der Waals surface area contributed by atoms with Crippen LogP contribution in [0.25, 0.3) is 11.1 Å². The highest BCUT2D eigenvalue weighted by Gasteiger charge is 2.41. The normalized spacial score (nSPS) is 22.5. The molecule has 0 unspecified atom stereocenters. The molecule has 138 valence electrons. The average molecular weight is 364 g/mol. The van der Waals surface area contributed by atoms with Crippen molar-refractivity contribution in [3.8, 4) is 0 Å². The quantitative estimate of drug-likeness (QED) is 0.702. The van der Waals surface area contributed by atoms with Gasteiger partial charge in [0.15, 0.2) is 0 Å². The fourth-order valence-corrected chi connectivity index (χ4v) is 4.23. The zero-order valence-corrected chi connectivity index (χ0v) is 15.1. The maximum atomic E-state index is 13.1. The minimum atomic E-state index is -0.0300. The van der Waals surface area contributed by atoms with Gasteiger partial charge in [0.25, 0.3) is 5.71 Å². The zero-order chi connectivity index (χ0) is 18.4. The molecule has 3 fully saturated rings. The Morgan fingerprint density at radius 1 is 1.19 bits per heavy atom. The van der Waals surface area contributed by atoms with Gasteiger partial charge in [0, 0.05) is 25.3 Å². The van der Waals surface area contributed by atoms with Gasteiger partial charge in [-0.3, -0.25) is 9.78 Å². The summed E-state index contributed by atoms with van der Waals surface area (Å²) in [5.41, 5.74) is 2.18. The van der Waals surface area contributed by atoms with Crippen molar-refractivity contribution in [2.75, 3.05) is 18.0 Å². The van der Waals surface area contributed by atoms with Crippen LogP contribution in [0.3, 0.4) is 0 Å². The number of carbonyl (C=O) groups is 1. The van der Waals surface area contributed by atoms with Crippen molar-refractivity contribution in [1.29, 1.82) is 0 Å². The Balaban J connectivity index is 1.48. The lowest BCUT2D eigenvalue weighted by atomic mass is 9.94. The Hall–Kier alpha value is -3.03. The lowest BCUT2D eigenvalue weighted by Crippen LogP contribution is -2.47. The molecule has 8 heteroatoms. The van der Waals surface area contributed by atoms with E-state index >= 15 is 0 Å². The van der Waals surface area contributed by atoms with E-state index < -0.39 is 0 Å². The van der Waals surface area contributed by atoms with Crippen molar-refractivity contribution in [2.45, 2.75) is 32.4 Å². The number of aromatic nitrogens is 4. The Kier molecular flexibility index (Phi) is 3.77. The number of piperidine rings is 1. The van der Waals surface area contributed by atoms with Crippen LogP contribution in [0.1, 0.15) is 24.2 Å². The van der Waals surface area contributed by atoms with Gasteiger partial charge in [0.2, 0.25) is 5.91 Å². The fraction of sp³-hybridized carbons (Fsp3) is 0.421. The smallest absolute Gasteiger partial charge is 0.263 e. The van der Waals surface area contributed by atoms with E-state index in [9.17, 15) is 4.79 Å². The maximum Gasteiger partial charge on any atom is 0.263 e. The van der Waals surface area contributed by atoms with Crippen LogP contribution in [0.4, 0.5) is 5.82 Å². The summed E-state index contributed by atoms with van der Waals surface area (Å²) in [5, 5.41) is 4.86. The highest BCUT2D eigenvalue weighted by molar-refractivity contribution is 5.89. The summed E-state index contributed by atoms with van der Waals surface area (Å²) in [6, 6.07) is 5.96. The largest absolute Gasteiger partial charge is 0.353 e. The molecular weight excluding hydrogens is 344 g/mol. The number of nitrogens with zero attached hydrogens (tertiary/aromatic N) is 6. The van der Waals surface area contributed by atoms with Crippen LogP contribution in [0.5, 0.6) is 0 Å². The van der Waals surface area contributed by atoms with Crippen LogP contribution in [0.15, 0.2) is 35.2 Å². The predicted octanol–water partition coefficient (Wildman–Crippen LogP) is 1.95. The molecule has 0 aliphatic carbocycles. The van der Waals surface area contributed by atoms with E-state index in [1.54, 1.807) is 6.20 Å². The second-order valence-electron chi connectivity index (χ2n) is 7.27. The van der Waals surface area contributed by atoms with Gasteiger partial charge >= 0.3 is 0 Å². The number of hydrogen-bond acceptors (Lipinski definition) is 7. The first kappa shape index (κ1) is 16.2. The van der Waals surface area contributed by atoms with E-state index in [2.05, 4.69) is 25.0 Å². The fourth-order valence-electron chi connectivity index (χ4n) is 4.23. The van der Waals surface area contributed by atoms with E-state index in [0.29, 0.717) is 18.8 Å². The number of anilines is 1. The minimum Gasteiger partial charge on any atom is -0.353 e. The third kappa shape index (κ3) is 2.72. The van der Waals surface area contributed by atoms with E-state index in [-0.39, 0.29) is 17.9 Å². The molecule has 3 aromatic rings. The monoisotopic (exact) mass is 364 g/mol. The third-order valence-electron chi connectivity index (χ3n) is 5.57. The van der Waals surface area contributed by atoms with Gasteiger partial charge in [0.1, 0.15) is 17.5 Å². The molecule has 0 radical (unpaired) electrons. The Bertz CT molecular complexity index is 988. The molecule has 3 aliphatic rings. The number of pyridine rings is 1. The van der Waals surface area contributed by atoms with E-state index in [1.807, 2.05) is 30.0 Å². The van der Waals surface area contributed by atoms with Gasteiger partial charge in [-0.2, -0.15) is 4.98 Å². The third-order valence-corrected chi connectivity index (χ3v) is 5.57. The molecule has 0 aromatic carbocycles. The molecule has 1 amide bonds. The molecular formula is C19H20N6O2. The Morgan fingerprint density at radius 2 is 2.11 bits per heavy atom. The molecule has 6 rings (SSSR count). The van der Waals surface area contributed by atoms with Gasteiger partial charge < -0.3 is 14.3 Å². The van der Waals surface area contributed by atoms with Gasteiger partial charge in [-0.1, -0.05) is 11.2 Å². The van der Waals surface area contributed by atoms with Crippen molar-refractivity contribution in [2.24, 2.45) is 5.92 Å². The Morgan fingerprint density at radius 3 is 2.96 bits per heavy atom. The van der Waals surface area contributed by atoms with E-state index in [4.69, 9.17) is 4.52 Å². The second kappa shape index (κ2) is 6.29. The van der Waals surface area contributed by atoms with Crippen molar-refractivity contribution in [1.82, 2.24) is 25.0 Å². The van der Waals surface area contributed by atoms with E-state index in [1.165, 1.54) is 6.33 Å². The molecule has 0 saturated carbocycles. The summed E-state index contributed by atoms with van der Waals surface area (Å²) in [7, 11) is 0. The van der Waals surface area contributed by atoms with Gasteiger partial charge in [-0.25, -0.2) is 4.98 Å². The van der Waals surface area contributed by atoms with Crippen molar-refractivity contribution >= 4 is 22.8 Å². The number of hydrogen-bond donors (Lipinski definition) is 0. The van der Waals surface area contributed by atoms with Crippen LogP contribution < -0.4 is 4.90 Å². The summed E-state index contributed by atoms with van der Waals surface area (Å²) in [5.74, 6) is 0.993. The summed E-state index contributed by atoms with van der Waals surface area (Å²) in [6.45, 7) is 3.85. The van der Waals surface area contributed by atoms with Gasteiger partial charge in [-0.15, -0.1) is 0 Å². The Labute approximate surface area is 156 Å². The highest BCUT2D eigenvalue weighted by Crippen LogP contribution is 2.34. The van der Waals surface area contributed by atoms with Crippen LogP contribution in [0, 0.1) is 12.8 Å². The summed E-state index contributed by atoms with van der Waals surface area (Å²) >= 11 is 0. The second-order valence-corrected chi connectivity index (χ2v) is 7.27. The molecule has 3 saturated heterocycles. The lowest BCUT2D eigenvalue weighted by molar-refractivity contribution is -0.140. The first-order chi connectivity index (χ1) is 13.2. The molecule has 3 aromatic heterocycles. The zero-order valence-electron chi connectivity index (χ0n) is 15.1. The van der Waals surface area contributed by atoms with Crippen molar-refractivity contribution in [3.05, 3.63) is 42.1 Å². The van der Waals surface area contributed by atoms with Gasteiger partial charge in [-0.05, 0) is 31.9 Å². The first-order valence-electron chi connectivity index (χ1n) is 9.23. The van der Waals surface area contributed by atoms with Crippen LogP contribution in [0.2, 0.25) is 0 Å². The molecule has 27 heavy (non-hydrogen) atoms. The van der Waals surface area contributed by atoms with E-state index in [0.717, 1.165) is 42.0 Å². The topological polar surface area (TPSA) is 88.2 Å². The maximum absolute atomic E-state index is 13.1. The van der Waals surface area contributed by atoms with Crippen LogP contribution >= 0.6 is 0 Å².